The van der Waals surface area contributed by atoms with Gasteiger partial charge in [0.15, 0.2) is 6.10 Å². The van der Waals surface area contributed by atoms with Crippen LogP contribution in [0.4, 0.5) is 0 Å². The molecule has 0 radical (unpaired) electrons. The summed E-state index contributed by atoms with van der Waals surface area (Å²) in [6.07, 6.45) is 1.31. The van der Waals surface area contributed by atoms with E-state index in [1.54, 1.807) is 12.3 Å². The molecule has 0 saturated carbocycles. The van der Waals surface area contributed by atoms with E-state index in [-0.39, 0.29) is 18.8 Å². The van der Waals surface area contributed by atoms with Gasteiger partial charge in [-0.1, -0.05) is 42.5 Å². The third kappa shape index (κ3) is 2.82. The number of aliphatic hydroxyl groups is 1. The van der Waals surface area contributed by atoms with Gasteiger partial charge in [-0.3, -0.25) is 4.21 Å². The zero-order valence-electron chi connectivity index (χ0n) is 12.2. The molecule has 1 aliphatic heterocycles. The fourth-order valence-corrected chi connectivity index (χ4v) is 3.28. The maximum absolute atomic E-state index is 11.9. The van der Waals surface area contributed by atoms with Crippen molar-refractivity contribution >= 4 is 16.7 Å². The van der Waals surface area contributed by atoms with Crippen LogP contribution in [0.5, 0.6) is 0 Å². The number of benzene rings is 2. The van der Waals surface area contributed by atoms with Crippen molar-refractivity contribution in [3.63, 3.8) is 0 Å². The van der Waals surface area contributed by atoms with Gasteiger partial charge in [0.1, 0.15) is 6.04 Å². The van der Waals surface area contributed by atoms with E-state index in [9.17, 15) is 9.32 Å². The minimum atomic E-state index is -1.13. The molecule has 5 heteroatoms. The first-order valence-corrected chi connectivity index (χ1v) is 8.59. The van der Waals surface area contributed by atoms with E-state index in [1.165, 1.54) is 0 Å². The lowest BCUT2D eigenvalue weighted by atomic mass is 10.0. The summed E-state index contributed by atoms with van der Waals surface area (Å²) in [6, 6.07) is 16.7. The van der Waals surface area contributed by atoms with E-state index in [0.717, 1.165) is 11.1 Å². The van der Waals surface area contributed by atoms with Gasteiger partial charge in [0.05, 0.1) is 27.9 Å². The highest BCUT2D eigenvalue weighted by Gasteiger charge is 2.33. The summed E-state index contributed by atoms with van der Waals surface area (Å²) >= 11 is 0. The molecule has 0 aliphatic carbocycles. The Morgan fingerprint density at radius 1 is 1.14 bits per heavy atom. The summed E-state index contributed by atoms with van der Waals surface area (Å²) in [4.78, 5) is 5.17. The van der Waals surface area contributed by atoms with E-state index in [2.05, 4.69) is 4.99 Å². The summed E-state index contributed by atoms with van der Waals surface area (Å²) in [5, 5.41) is 9.59. The van der Waals surface area contributed by atoms with Gasteiger partial charge in [-0.25, -0.2) is 4.99 Å². The summed E-state index contributed by atoms with van der Waals surface area (Å²) in [7, 11) is -1.13. The minimum Gasteiger partial charge on any atom is -0.467 e. The van der Waals surface area contributed by atoms with E-state index in [0.29, 0.717) is 10.8 Å². The third-order valence-corrected chi connectivity index (χ3v) is 4.59. The van der Waals surface area contributed by atoms with Crippen LogP contribution in [-0.2, 0) is 15.5 Å². The summed E-state index contributed by atoms with van der Waals surface area (Å²) < 4.78 is 17.9. The number of hydrogen-bond acceptors (Lipinski definition) is 4. The molecule has 0 amide bonds. The van der Waals surface area contributed by atoms with Gasteiger partial charge in [-0.05, 0) is 17.7 Å². The summed E-state index contributed by atoms with van der Waals surface area (Å²) in [6.45, 7) is -0.0968. The van der Waals surface area contributed by atoms with Crippen molar-refractivity contribution in [2.24, 2.45) is 4.99 Å². The monoisotopic (exact) mass is 315 g/mol. The van der Waals surface area contributed by atoms with Gasteiger partial charge in [0.25, 0.3) is 0 Å². The van der Waals surface area contributed by atoms with Gasteiger partial charge in [0, 0.05) is 6.26 Å². The molecule has 3 rings (SSSR count). The lowest BCUT2D eigenvalue weighted by Gasteiger charge is -2.16. The first-order chi connectivity index (χ1) is 10.7. The number of ether oxygens (including phenoxy) is 1. The van der Waals surface area contributed by atoms with Crippen molar-refractivity contribution in [1.29, 1.82) is 0 Å². The molecule has 1 aliphatic rings. The Bertz CT molecular complexity index is 715. The van der Waals surface area contributed by atoms with Crippen LogP contribution in [0.3, 0.4) is 0 Å². The Balaban J connectivity index is 1.96. The van der Waals surface area contributed by atoms with E-state index < -0.39 is 10.8 Å². The molecule has 2 aromatic carbocycles. The normalized spacial score (nSPS) is 22.0. The second-order valence-electron chi connectivity index (χ2n) is 5.08. The predicted molar refractivity (Wildman–Crippen MR) is 86.5 cm³/mol. The molecule has 0 saturated heterocycles. The van der Waals surface area contributed by atoms with Crippen LogP contribution in [-0.4, -0.2) is 34.1 Å². The molecule has 0 bridgehead atoms. The van der Waals surface area contributed by atoms with Gasteiger partial charge < -0.3 is 9.84 Å². The molecule has 4 nitrogen and oxygen atoms in total. The topological polar surface area (TPSA) is 58.9 Å². The van der Waals surface area contributed by atoms with Crippen LogP contribution < -0.4 is 0 Å². The van der Waals surface area contributed by atoms with E-state index in [4.69, 9.17) is 4.74 Å². The van der Waals surface area contributed by atoms with Crippen molar-refractivity contribution < 1.29 is 14.1 Å². The molecule has 1 heterocycles. The second kappa shape index (κ2) is 6.42. The third-order valence-electron chi connectivity index (χ3n) is 3.61. The Morgan fingerprint density at radius 3 is 2.50 bits per heavy atom. The van der Waals surface area contributed by atoms with Crippen molar-refractivity contribution in [3.8, 4) is 0 Å². The molecule has 22 heavy (non-hydrogen) atoms. The molecular formula is C17H17NO3S. The van der Waals surface area contributed by atoms with Crippen LogP contribution >= 0.6 is 0 Å². The first kappa shape index (κ1) is 14.9. The smallest absolute Gasteiger partial charge is 0.218 e. The van der Waals surface area contributed by atoms with Crippen molar-refractivity contribution in [1.82, 2.24) is 0 Å². The van der Waals surface area contributed by atoms with Crippen molar-refractivity contribution in [2.75, 3.05) is 12.9 Å². The predicted octanol–water partition coefficient (Wildman–Crippen LogP) is 2.30. The molecular weight excluding hydrogens is 298 g/mol. The first-order valence-electron chi connectivity index (χ1n) is 7.04. The SMILES string of the molecule is C[S@@](=O)c1ccccc1C1=N[C@@H](CO)[C@H](c2ccccc2)O1. The minimum absolute atomic E-state index is 0.0968. The van der Waals surface area contributed by atoms with Crippen LogP contribution in [0.2, 0.25) is 0 Å². The summed E-state index contributed by atoms with van der Waals surface area (Å²) in [5.74, 6) is 0.443. The second-order valence-corrected chi connectivity index (χ2v) is 6.43. The number of aliphatic hydroxyl groups excluding tert-OH is 1. The average Bonchev–Trinajstić information content (AvgIpc) is 3.00. The highest BCUT2D eigenvalue weighted by Crippen LogP contribution is 2.32. The Morgan fingerprint density at radius 2 is 1.82 bits per heavy atom. The standard InChI is InChI=1S/C17H17NO3S/c1-22(20)15-10-6-5-9-13(15)17-18-14(11-19)16(21-17)12-7-3-2-4-8-12/h2-10,14,16,19H,11H2,1H3/t14-,16-,22+/m0/s1. The highest BCUT2D eigenvalue weighted by molar-refractivity contribution is 7.84. The Hall–Kier alpha value is -1.98. The molecule has 114 valence electrons. The molecule has 3 atom stereocenters. The van der Waals surface area contributed by atoms with E-state index in [1.807, 2.05) is 48.5 Å². The molecule has 1 N–H and O–H groups in total. The Labute approximate surface area is 131 Å². The maximum Gasteiger partial charge on any atom is 0.218 e. The largest absolute Gasteiger partial charge is 0.467 e. The molecule has 2 aromatic rings. The van der Waals surface area contributed by atoms with Gasteiger partial charge >= 0.3 is 0 Å². The maximum atomic E-state index is 11.9. The van der Waals surface area contributed by atoms with Gasteiger partial charge in [0.2, 0.25) is 5.90 Å². The van der Waals surface area contributed by atoms with Crippen LogP contribution in [0.15, 0.2) is 64.5 Å². The van der Waals surface area contributed by atoms with Crippen LogP contribution in [0.1, 0.15) is 17.2 Å². The highest BCUT2D eigenvalue weighted by atomic mass is 32.2. The van der Waals surface area contributed by atoms with E-state index >= 15 is 0 Å². The quantitative estimate of drug-likeness (QED) is 0.942. The van der Waals surface area contributed by atoms with Crippen molar-refractivity contribution in [2.45, 2.75) is 17.0 Å². The lowest BCUT2D eigenvalue weighted by molar-refractivity contribution is 0.151. The molecule has 0 spiro atoms. The zero-order valence-corrected chi connectivity index (χ0v) is 13.0. The molecule has 0 aromatic heterocycles. The number of aliphatic imine (C=N–C) groups is 1. The lowest BCUT2D eigenvalue weighted by Crippen LogP contribution is -2.17. The number of rotatable bonds is 4. The number of nitrogens with zero attached hydrogens (tertiary/aromatic N) is 1. The van der Waals surface area contributed by atoms with Crippen LogP contribution in [0.25, 0.3) is 0 Å². The van der Waals surface area contributed by atoms with Gasteiger partial charge in [-0.2, -0.15) is 0 Å². The molecule has 0 fully saturated rings. The fraction of sp³-hybridized carbons (Fsp3) is 0.235. The summed E-state index contributed by atoms with van der Waals surface area (Å²) in [5.41, 5.74) is 1.69. The molecule has 0 unspecified atom stereocenters. The van der Waals surface area contributed by atoms with Gasteiger partial charge in [-0.15, -0.1) is 0 Å². The zero-order chi connectivity index (χ0) is 15.5. The van der Waals surface area contributed by atoms with Crippen LogP contribution in [0, 0.1) is 0 Å². The Kier molecular flexibility index (Phi) is 4.36. The van der Waals surface area contributed by atoms with Crippen molar-refractivity contribution in [3.05, 3.63) is 65.7 Å². The fourth-order valence-electron chi connectivity index (χ4n) is 2.54. The number of hydrogen-bond donors (Lipinski definition) is 1. The average molecular weight is 315 g/mol.